The zero-order chi connectivity index (χ0) is 24.7. The highest BCUT2D eigenvalue weighted by Crippen LogP contribution is 2.57. The predicted molar refractivity (Wildman–Crippen MR) is 117 cm³/mol. The molecule has 0 saturated carbocycles. The van der Waals surface area contributed by atoms with E-state index in [0.717, 1.165) is 6.08 Å². The van der Waals surface area contributed by atoms with Crippen molar-refractivity contribution in [2.45, 2.75) is 25.2 Å². The third kappa shape index (κ3) is 3.44. The van der Waals surface area contributed by atoms with Crippen LogP contribution in [-0.4, -0.2) is 50.4 Å². The predicted octanol–water partition coefficient (Wildman–Crippen LogP) is 4.41. The first-order chi connectivity index (χ1) is 16.2. The Morgan fingerprint density at radius 1 is 1.06 bits per heavy atom. The summed E-state index contributed by atoms with van der Waals surface area (Å²) in [5, 5.41) is 0. The minimum absolute atomic E-state index is 0.0152. The van der Waals surface area contributed by atoms with Gasteiger partial charge in [0.15, 0.2) is 0 Å². The van der Waals surface area contributed by atoms with E-state index in [0.29, 0.717) is 16.2 Å². The van der Waals surface area contributed by atoms with Gasteiger partial charge in [0.05, 0.1) is 38.6 Å². The quantitative estimate of drug-likeness (QED) is 0.578. The van der Waals surface area contributed by atoms with Gasteiger partial charge in [0.25, 0.3) is 0 Å². The molecule has 10 heteroatoms. The molecule has 2 aliphatic heterocycles. The Hall–Kier alpha value is -3.69. The lowest BCUT2D eigenvalue weighted by atomic mass is 9.79. The third-order valence-corrected chi connectivity index (χ3v) is 6.02. The number of alkyl halides is 3. The number of fused-ring (bicyclic) bond motifs is 3. The van der Waals surface area contributed by atoms with Crippen LogP contribution in [0, 0.1) is 0 Å². The number of carbonyl (C=O) groups is 2. The first-order valence-electron chi connectivity index (χ1n) is 10.5. The number of urea groups is 1. The normalized spacial score (nSPS) is 19.4. The van der Waals surface area contributed by atoms with Crippen LogP contribution in [0.3, 0.4) is 0 Å². The standard InChI is InChI=1S/C24H23F3N2O5/c1-4-34-21(30)18-11-12-29-22(31)28(14-15-5-7-16(32-2)8-6-15)20-10-9-17(33-3)13-19(20)23(18,29)24(25,26)27/h5-11,13H,4,12,14H2,1-3H3. The first-order valence-corrected chi connectivity index (χ1v) is 10.5. The molecule has 0 N–H and O–H groups in total. The lowest BCUT2D eigenvalue weighted by Gasteiger charge is -2.48. The monoisotopic (exact) mass is 476 g/mol. The van der Waals surface area contributed by atoms with E-state index in [4.69, 9.17) is 14.2 Å². The molecule has 34 heavy (non-hydrogen) atoms. The van der Waals surface area contributed by atoms with Crippen molar-refractivity contribution in [3.63, 3.8) is 0 Å². The van der Waals surface area contributed by atoms with Gasteiger partial charge in [0, 0.05) is 12.1 Å². The van der Waals surface area contributed by atoms with Gasteiger partial charge in [0.1, 0.15) is 11.5 Å². The molecule has 1 unspecified atom stereocenters. The molecular weight excluding hydrogens is 453 g/mol. The van der Waals surface area contributed by atoms with Gasteiger partial charge in [-0.2, -0.15) is 13.2 Å². The number of carbonyl (C=O) groups excluding carboxylic acids is 2. The Kier molecular flexibility index (Phi) is 5.93. The highest BCUT2D eigenvalue weighted by atomic mass is 19.4. The molecule has 4 rings (SSSR count). The van der Waals surface area contributed by atoms with Gasteiger partial charge in [-0.3, -0.25) is 9.80 Å². The zero-order valence-electron chi connectivity index (χ0n) is 18.8. The van der Waals surface area contributed by atoms with Crippen molar-refractivity contribution in [1.82, 2.24) is 4.90 Å². The van der Waals surface area contributed by atoms with Gasteiger partial charge in [-0.25, -0.2) is 9.59 Å². The lowest BCUT2D eigenvalue weighted by Crippen LogP contribution is -2.64. The molecule has 180 valence electrons. The number of amides is 2. The largest absolute Gasteiger partial charge is 0.497 e. The number of ether oxygens (including phenoxy) is 3. The number of rotatable bonds is 6. The van der Waals surface area contributed by atoms with Crippen LogP contribution in [0.5, 0.6) is 11.5 Å². The van der Waals surface area contributed by atoms with Crippen LogP contribution in [-0.2, 0) is 21.6 Å². The van der Waals surface area contributed by atoms with Crippen LogP contribution in [0.4, 0.5) is 23.7 Å². The van der Waals surface area contributed by atoms with Crippen molar-refractivity contribution in [1.29, 1.82) is 0 Å². The second-order valence-corrected chi connectivity index (χ2v) is 7.76. The first kappa shape index (κ1) is 23.5. The van der Waals surface area contributed by atoms with Gasteiger partial charge >= 0.3 is 18.2 Å². The molecule has 0 aromatic heterocycles. The summed E-state index contributed by atoms with van der Waals surface area (Å²) in [5.41, 5.74) is -3.17. The van der Waals surface area contributed by atoms with Crippen molar-refractivity contribution < 1.29 is 37.0 Å². The molecule has 2 heterocycles. The number of halogens is 3. The Labute approximate surface area is 194 Å². The number of methoxy groups -OCH3 is 2. The van der Waals surface area contributed by atoms with Crippen molar-refractivity contribution in [3.8, 4) is 11.5 Å². The molecular formula is C24H23F3N2O5. The van der Waals surface area contributed by atoms with Crippen molar-refractivity contribution in [3.05, 3.63) is 65.2 Å². The van der Waals surface area contributed by atoms with E-state index in [2.05, 4.69) is 0 Å². The lowest BCUT2D eigenvalue weighted by molar-refractivity contribution is -0.212. The maximum absolute atomic E-state index is 14.9. The second-order valence-electron chi connectivity index (χ2n) is 7.76. The fourth-order valence-electron chi connectivity index (χ4n) is 4.51. The van der Waals surface area contributed by atoms with E-state index in [9.17, 15) is 22.8 Å². The number of benzene rings is 2. The zero-order valence-corrected chi connectivity index (χ0v) is 18.8. The van der Waals surface area contributed by atoms with Crippen LogP contribution >= 0.6 is 0 Å². The molecule has 0 spiro atoms. The molecule has 2 aromatic carbocycles. The summed E-state index contributed by atoms with van der Waals surface area (Å²) in [6.07, 6.45) is -3.89. The van der Waals surface area contributed by atoms with Crippen molar-refractivity contribution in [2.75, 3.05) is 32.3 Å². The Balaban J connectivity index is 1.91. The van der Waals surface area contributed by atoms with Crippen LogP contribution < -0.4 is 14.4 Å². The Bertz CT molecular complexity index is 1150. The van der Waals surface area contributed by atoms with Crippen LogP contribution in [0.15, 0.2) is 54.1 Å². The molecule has 0 saturated heterocycles. The Morgan fingerprint density at radius 3 is 2.29 bits per heavy atom. The summed E-state index contributed by atoms with van der Waals surface area (Å²) in [7, 11) is 2.85. The fraction of sp³-hybridized carbons (Fsp3) is 0.333. The minimum Gasteiger partial charge on any atom is -0.497 e. The molecule has 1 atom stereocenters. The summed E-state index contributed by atoms with van der Waals surface area (Å²) in [4.78, 5) is 28.1. The fourth-order valence-corrected chi connectivity index (χ4v) is 4.51. The van der Waals surface area contributed by atoms with Gasteiger partial charge in [-0.1, -0.05) is 18.2 Å². The van der Waals surface area contributed by atoms with Crippen molar-refractivity contribution >= 4 is 17.7 Å². The molecule has 2 aliphatic rings. The molecule has 2 aromatic rings. The Morgan fingerprint density at radius 2 is 1.71 bits per heavy atom. The molecule has 2 amide bonds. The SMILES string of the molecule is CCOC(=O)C1=CCN2C(=O)N(Cc3ccc(OC)cc3)c3ccc(OC)cc3C12C(F)(F)F. The number of hydrogen-bond donors (Lipinski definition) is 0. The minimum atomic E-state index is -5.01. The summed E-state index contributed by atoms with van der Waals surface area (Å²) in [6, 6.07) is 10.1. The van der Waals surface area contributed by atoms with Gasteiger partial charge in [-0.15, -0.1) is 0 Å². The number of anilines is 1. The molecule has 7 nitrogen and oxygen atoms in total. The average molecular weight is 476 g/mol. The topological polar surface area (TPSA) is 68.3 Å². The number of hydrogen-bond acceptors (Lipinski definition) is 5. The van der Waals surface area contributed by atoms with Gasteiger partial charge in [0.2, 0.25) is 5.54 Å². The third-order valence-electron chi connectivity index (χ3n) is 6.02. The smallest absolute Gasteiger partial charge is 0.420 e. The number of esters is 1. The second kappa shape index (κ2) is 8.58. The van der Waals surface area contributed by atoms with Gasteiger partial charge < -0.3 is 14.2 Å². The van der Waals surface area contributed by atoms with E-state index >= 15 is 0 Å². The maximum Gasteiger partial charge on any atom is 0.420 e. The molecule has 0 radical (unpaired) electrons. The summed E-state index contributed by atoms with van der Waals surface area (Å²) in [5.74, 6) is -0.346. The van der Waals surface area contributed by atoms with Crippen LogP contribution in [0.25, 0.3) is 0 Å². The molecule has 0 aliphatic carbocycles. The maximum atomic E-state index is 14.9. The van der Waals surface area contributed by atoms with E-state index in [1.54, 1.807) is 24.3 Å². The highest BCUT2D eigenvalue weighted by Gasteiger charge is 2.70. The van der Waals surface area contributed by atoms with E-state index in [1.807, 2.05) is 0 Å². The average Bonchev–Trinajstić information content (AvgIpc) is 3.24. The van der Waals surface area contributed by atoms with Crippen LogP contribution in [0.2, 0.25) is 0 Å². The van der Waals surface area contributed by atoms with Crippen molar-refractivity contribution in [2.24, 2.45) is 0 Å². The molecule has 0 fully saturated rings. The van der Waals surface area contributed by atoms with E-state index in [1.165, 1.54) is 44.2 Å². The summed E-state index contributed by atoms with van der Waals surface area (Å²) >= 11 is 0. The summed E-state index contributed by atoms with van der Waals surface area (Å²) < 4.78 is 60.1. The van der Waals surface area contributed by atoms with Gasteiger partial charge in [-0.05, 0) is 42.8 Å². The highest BCUT2D eigenvalue weighted by molar-refractivity contribution is 6.02. The number of nitrogens with zero attached hydrogens (tertiary/aromatic N) is 2. The van der Waals surface area contributed by atoms with E-state index in [-0.39, 0.29) is 30.2 Å². The molecule has 0 bridgehead atoms. The van der Waals surface area contributed by atoms with E-state index < -0.39 is 35.8 Å². The van der Waals surface area contributed by atoms with Crippen LogP contribution in [0.1, 0.15) is 18.1 Å². The summed E-state index contributed by atoms with van der Waals surface area (Å²) in [6.45, 7) is 1.02.